The summed E-state index contributed by atoms with van der Waals surface area (Å²) in [5, 5.41) is 5.74. The van der Waals surface area contributed by atoms with Crippen LogP contribution in [0.4, 0.5) is 36.3 Å². The first kappa shape index (κ1) is 23.4. The Bertz CT molecular complexity index is 1010. The Morgan fingerprint density at radius 3 is 2.38 bits per heavy atom. The molecule has 1 heterocycles. The smallest absolute Gasteiger partial charge is 0.421 e. The summed E-state index contributed by atoms with van der Waals surface area (Å²) >= 11 is 0. The van der Waals surface area contributed by atoms with E-state index in [0.717, 1.165) is 25.5 Å². The molecule has 32 heavy (non-hydrogen) atoms. The molecule has 0 unspecified atom stereocenters. The predicted octanol–water partition coefficient (Wildman–Crippen LogP) is 7.11. The van der Waals surface area contributed by atoms with Crippen molar-refractivity contribution in [2.45, 2.75) is 45.7 Å². The molecule has 0 aliphatic heterocycles. The summed E-state index contributed by atoms with van der Waals surface area (Å²) in [5.41, 5.74) is 1.35. The fourth-order valence-electron chi connectivity index (χ4n) is 3.19. The third kappa shape index (κ3) is 6.35. The van der Waals surface area contributed by atoms with Crippen LogP contribution in [0.25, 0.3) is 0 Å². The number of nitrogens with zero attached hydrogens (tertiary/aromatic N) is 2. The number of para-hydroxylation sites is 2. The Morgan fingerprint density at radius 1 is 0.938 bits per heavy atom. The van der Waals surface area contributed by atoms with E-state index in [1.807, 2.05) is 24.3 Å². The van der Waals surface area contributed by atoms with Crippen molar-refractivity contribution in [3.63, 3.8) is 0 Å². The van der Waals surface area contributed by atoms with Crippen LogP contribution in [0.2, 0.25) is 0 Å². The second-order valence-electron chi connectivity index (χ2n) is 7.29. The summed E-state index contributed by atoms with van der Waals surface area (Å²) in [6.07, 6.45) is 0.640. The van der Waals surface area contributed by atoms with Gasteiger partial charge in [0.25, 0.3) is 0 Å². The molecule has 2 aromatic carbocycles. The lowest BCUT2D eigenvalue weighted by molar-refractivity contribution is -0.137. The third-order valence-corrected chi connectivity index (χ3v) is 4.81. The molecule has 5 nitrogen and oxygen atoms in total. The molecule has 1 aromatic heterocycles. The molecule has 8 heteroatoms. The summed E-state index contributed by atoms with van der Waals surface area (Å²) in [4.78, 5) is 7.98. The van der Waals surface area contributed by atoms with E-state index < -0.39 is 11.7 Å². The third-order valence-electron chi connectivity index (χ3n) is 4.81. The number of aromatic nitrogens is 2. The standard InChI is InChI=1S/C24H27F3N4O/c1-3-5-6-9-17-12-14-18(15-13-17)29-23-28-16-19(24(25,26)27)22(31-23)30-20-10-7-8-11-21(20)32-4-2/h7-8,10-16H,3-6,9H2,1-2H3,(H2,28,29,30,31). The number of hydrogen-bond acceptors (Lipinski definition) is 5. The van der Waals surface area contributed by atoms with Crippen molar-refractivity contribution in [2.24, 2.45) is 0 Å². The van der Waals surface area contributed by atoms with E-state index in [0.29, 0.717) is 23.7 Å². The highest BCUT2D eigenvalue weighted by Gasteiger charge is 2.35. The first-order valence-electron chi connectivity index (χ1n) is 10.7. The topological polar surface area (TPSA) is 59.1 Å². The average Bonchev–Trinajstić information content (AvgIpc) is 2.76. The molecule has 0 atom stereocenters. The lowest BCUT2D eigenvalue weighted by Crippen LogP contribution is -2.13. The fourth-order valence-corrected chi connectivity index (χ4v) is 3.19. The minimum atomic E-state index is -4.61. The minimum absolute atomic E-state index is 0.0631. The number of hydrogen-bond donors (Lipinski definition) is 2. The van der Waals surface area contributed by atoms with Crippen LogP contribution in [0, 0.1) is 0 Å². The van der Waals surface area contributed by atoms with Crippen molar-refractivity contribution < 1.29 is 17.9 Å². The van der Waals surface area contributed by atoms with Crippen molar-refractivity contribution in [3.05, 3.63) is 65.9 Å². The molecule has 3 aromatic rings. The number of rotatable bonds is 10. The number of halogens is 3. The van der Waals surface area contributed by atoms with E-state index in [4.69, 9.17) is 4.74 Å². The van der Waals surface area contributed by atoms with Gasteiger partial charge in [-0.05, 0) is 49.6 Å². The summed E-state index contributed by atoms with van der Waals surface area (Å²) in [6.45, 7) is 4.35. The Morgan fingerprint density at radius 2 is 1.69 bits per heavy atom. The molecule has 0 amide bonds. The van der Waals surface area contributed by atoms with Gasteiger partial charge in [0.2, 0.25) is 5.95 Å². The second-order valence-corrected chi connectivity index (χ2v) is 7.29. The summed E-state index contributed by atoms with van der Waals surface area (Å²) in [6, 6.07) is 14.5. The summed E-state index contributed by atoms with van der Waals surface area (Å²) in [7, 11) is 0. The first-order valence-corrected chi connectivity index (χ1v) is 10.7. The number of benzene rings is 2. The molecule has 170 valence electrons. The zero-order valence-electron chi connectivity index (χ0n) is 18.2. The van der Waals surface area contributed by atoms with Crippen molar-refractivity contribution >= 4 is 23.1 Å². The van der Waals surface area contributed by atoms with E-state index in [1.165, 1.54) is 12.0 Å². The summed E-state index contributed by atoms with van der Waals surface area (Å²) < 4.78 is 46.2. The van der Waals surface area contributed by atoms with Gasteiger partial charge >= 0.3 is 6.18 Å². The van der Waals surface area contributed by atoms with Gasteiger partial charge in [-0.3, -0.25) is 0 Å². The Balaban J connectivity index is 1.83. The van der Waals surface area contributed by atoms with Gasteiger partial charge in [0.1, 0.15) is 17.1 Å². The Kier molecular flexibility index (Phi) is 7.92. The largest absolute Gasteiger partial charge is 0.492 e. The fraction of sp³-hybridized carbons (Fsp3) is 0.333. The maximum atomic E-state index is 13.6. The molecular weight excluding hydrogens is 417 g/mol. The van der Waals surface area contributed by atoms with Gasteiger partial charge in [0, 0.05) is 11.9 Å². The van der Waals surface area contributed by atoms with Gasteiger partial charge in [-0.2, -0.15) is 18.2 Å². The number of aryl methyl sites for hydroxylation is 1. The zero-order chi connectivity index (χ0) is 23.0. The van der Waals surface area contributed by atoms with Crippen LogP contribution >= 0.6 is 0 Å². The minimum Gasteiger partial charge on any atom is -0.492 e. The van der Waals surface area contributed by atoms with Gasteiger partial charge in [0.05, 0.1) is 12.3 Å². The Hall–Kier alpha value is -3.29. The van der Waals surface area contributed by atoms with Crippen LogP contribution in [0.3, 0.4) is 0 Å². The van der Waals surface area contributed by atoms with E-state index in [-0.39, 0.29) is 11.8 Å². The van der Waals surface area contributed by atoms with Crippen LogP contribution in [0.1, 0.15) is 44.2 Å². The van der Waals surface area contributed by atoms with Gasteiger partial charge in [-0.1, -0.05) is 44.0 Å². The Labute approximate surface area is 186 Å². The molecule has 0 aliphatic rings. The highest BCUT2D eigenvalue weighted by molar-refractivity contribution is 5.67. The van der Waals surface area contributed by atoms with Gasteiger partial charge in [-0.15, -0.1) is 0 Å². The molecule has 0 spiro atoms. The molecule has 0 radical (unpaired) electrons. The lowest BCUT2D eigenvalue weighted by atomic mass is 10.1. The highest BCUT2D eigenvalue weighted by atomic mass is 19.4. The van der Waals surface area contributed by atoms with E-state index >= 15 is 0 Å². The van der Waals surface area contributed by atoms with Gasteiger partial charge in [-0.25, -0.2) is 4.98 Å². The normalized spacial score (nSPS) is 11.3. The van der Waals surface area contributed by atoms with Crippen LogP contribution in [0.15, 0.2) is 54.7 Å². The van der Waals surface area contributed by atoms with Crippen molar-refractivity contribution in [1.82, 2.24) is 9.97 Å². The molecule has 0 saturated heterocycles. The molecule has 0 fully saturated rings. The number of alkyl halides is 3. The molecule has 0 bridgehead atoms. The number of unbranched alkanes of at least 4 members (excludes halogenated alkanes) is 2. The van der Waals surface area contributed by atoms with Crippen molar-refractivity contribution in [2.75, 3.05) is 17.2 Å². The zero-order valence-corrected chi connectivity index (χ0v) is 18.2. The van der Waals surface area contributed by atoms with Crippen molar-refractivity contribution in [1.29, 1.82) is 0 Å². The number of anilines is 4. The van der Waals surface area contributed by atoms with Crippen LogP contribution < -0.4 is 15.4 Å². The van der Waals surface area contributed by atoms with E-state index in [2.05, 4.69) is 27.5 Å². The van der Waals surface area contributed by atoms with Crippen LogP contribution in [-0.2, 0) is 12.6 Å². The number of nitrogens with one attached hydrogen (secondary N) is 2. The maximum absolute atomic E-state index is 13.6. The average molecular weight is 445 g/mol. The monoisotopic (exact) mass is 444 g/mol. The first-order chi connectivity index (χ1) is 15.4. The summed E-state index contributed by atoms with van der Waals surface area (Å²) in [5.74, 6) is 0.154. The highest BCUT2D eigenvalue weighted by Crippen LogP contribution is 2.37. The second kappa shape index (κ2) is 10.8. The van der Waals surface area contributed by atoms with Crippen LogP contribution in [-0.4, -0.2) is 16.6 Å². The SMILES string of the molecule is CCCCCc1ccc(Nc2ncc(C(F)(F)F)c(Nc3ccccc3OCC)n2)cc1. The molecule has 0 saturated carbocycles. The maximum Gasteiger partial charge on any atom is 0.421 e. The molecule has 2 N–H and O–H groups in total. The van der Waals surface area contributed by atoms with E-state index in [9.17, 15) is 13.2 Å². The van der Waals surface area contributed by atoms with Gasteiger partial charge < -0.3 is 15.4 Å². The van der Waals surface area contributed by atoms with Crippen molar-refractivity contribution in [3.8, 4) is 5.75 Å². The predicted molar refractivity (Wildman–Crippen MR) is 121 cm³/mol. The molecule has 3 rings (SSSR count). The van der Waals surface area contributed by atoms with Gasteiger partial charge in [0.15, 0.2) is 0 Å². The van der Waals surface area contributed by atoms with E-state index in [1.54, 1.807) is 31.2 Å². The number of ether oxygens (including phenoxy) is 1. The quantitative estimate of drug-likeness (QED) is 0.326. The molecule has 0 aliphatic carbocycles. The molecular formula is C24H27F3N4O. The lowest BCUT2D eigenvalue weighted by Gasteiger charge is -2.17. The van der Waals surface area contributed by atoms with Crippen LogP contribution in [0.5, 0.6) is 5.75 Å².